The van der Waals surface area contributed by atoms with Crippen LogP contribution in [-0.4, -0.2) is 17.6 Å². The van der Waals surface area contributed by atoms with E-state index in [0.29, 0.717) is 6.54 Å². The average molecular weight is 444 g/mol. The number of rotatable bonds is 7. The van der Waals surface area contributed by atoms with Crippen molar-refractivity contribution >= 4 is 40.4 Å². The van der Waals surface area contributed by atoms with E-state index in [1.807, 2.05) is 18.2 Å². The Bertz CT molecular complexity index is 1240. The van der Waals surface area contributed by atoms with Crippen molar-refractivity contribution < 1.29 is 14.5 Å². The van der Waals surface area contributed by atoms with E-state index in [1.165, 1.54) is 26.9 Å². The van der Waals surface area contributed by atoms with E-state index < -0.39 is 5.97 Å². The Morgan fingerprint density at radius 3 is 2.78 bits per heavy atom. The summed E-state index contributed by atoms with van der Waals surface area (Å²) in [7, 11) is 0. The van der Waals surface area contributed by atoms with Gasteiger partial charge in [0, 0.05) is 23.6 Å². The van der Waals surface area contributed by atoms with Crippen molar-refractivity contribution in [3.8, 4) is 0 Å². The number of carboxylic acids is 1. The highest BCUT2D eigenvalue weighted by atomic mass is 32.2. The van der Waals surface area contributed by atoms with Crippen molar-refractivity contribution in [3.05, 3.63) is 95.2 Å². The summed E-state index contributed by atoms with van der Waals surface area (Å²) in [5.74, 6) is -0.784. The number of benzene rings is 2. The van der Waals surface area contributed by atoms with Crippen molar-refractivity contribution in [1.82, 2.24) is 0 Å². The number of anilines is 1. The van der Waals surface area contributed by atoms with Crippen LogP contribution in [-0.2, 0) is 11.3 Å². The van der Waals surface area contributed by atoms with Crippen LogP contribution in [0.1, 0.15) is 24.5 Å². The normalized spacial score (nSPS) is 14.8. The van der Waals surface area contributed by atoms with Gasteiger partial charge in [0.1, 0.15) is 6.54 Å². The number of carboxylic acid groups (broad SMARTS) is 1. The molecule has 0 unspecified atom stereocenters. The molecule has 1 aliphatic rings. The molecule has 0 amide bonds. The highest BCUT2D eigenvalue weighted by Gasteiger charge is 2.25. The van der Waals surface area contributed by atoms with Gasteiger partial charge in [-0.15, -0.1) is 0 Å². The van der Waals surface area contributed by atoms with Gasteiger partial charge in [0.2, 0.25) is 5.52 Å². The molecule has 0 aliphatic carbocycles. The fourth-order valence-electron chi connectivity index (χ4n) is 3.87. The van der Waals surface area contributed by atoms with Crippen LogP contribution >= 0.6 is 11.8 Å². The van der Waals surface area contributed by atoms with Crippen LogP contribution in [0.2, 0.25) is 0 Å². The standard InChI is InChI=1S/C27H26N2O2S/c1-3-28-17-15-21(22-10-7-8-11-23(22)28)9-5-4-6-12-26-29(18-16-27(30)31)24-14-13-20(2)19-25(24)32-26/h4-15,17,19H,3,16,18H2,1-2H3/p+1. The van der Waals surface area contributed by atoms with Gasteiger partial charge in [-0.05, 0) is 49.2 Å². The lowest BCUT2D eigenvalue weighted by Gasteiger charge is -2.19. The van der Waals surface area contributed by atoms with Crippen molar-refractivity contribution in [3.63, 3.8) is 0 Å². The molecule has 2 heterocycles. The smallest absolute Gasteiger partial charge is 0.305 e. The van der Waals surface area contributed by atoms with Gasteiger partial charge in [0.15, 0.2) is 6.20 Å². The van der Waals surface area contributed by atoms with Crippen LogP contribution in [0.15, 0.2) is 89.0 Å². The predicted octanol–water partition coefficient (Wildman–Crippen LogP) is 5.95. The van der Waals surface area contributed by atoms with E-state index in [1.54, 1.807) is 11.8 Å². The summed E-state index contributed by atoms with van der Waals surface area (Å²) in [5.41, 5.74) is 4.70. The molecule has 0 fully saturated rings. The Labute approximate surface area is 193 Å². The molecule has 4 rings (SSSR count). The molecule has 0 radical (unpaired) electrons. The molecule has 0 saturated heterocycles. The SMILES string of the molecule is CC[n+]1ccc(/C=C/C=C/C=C2/Sc3cc(C)ccc3N2CCC(=O)O)c2ccccc21. The first-order valence-electron chi connectivity index (χ1n) is 10.8. The molecule has 1 N–H and O–H groups in total. The maximum Gasteiger partial charge on any atom is 0.305 e. The molecule has 4 nitrogen and oxygen atoms in total. The molecular formula is C27H27N2O2S+. The first-order chi connectivity index (χ1) is 15.6. The van der Waals surface area contributed by atoms with Crippen LogP contribution in [0.3, 0.4) is 0 Å². The number of carbonyl (C=O) groups is 1. The number of nitrogens with zero attached hydrogens (tertiary/aromatic N) is 2. The van der Waals surface area contributed by atoms with Crippen LogP contribution in [0.25, 0.3) is 17.0 Å². The number of aromatic nitrogens is 1. The van der Waals surface area contributed by atoms with Crippen LogP contribution < -0.4 is 9.47 Å². The third-order valence-corrected chi connectivity index (χ3v) is 6.58. The minimum Gasteiger partial charge on any atom is -0.481 e. The fraction of sp³-hybridized carbons (Fsp3) is 0.185. The van der Waals surface area contributed by atoms with Gasteiger partial charge in [-0.25, -0.2) is 0 Å². The number of aryl methyl sites for hydroxylation is 2. The zero-order valence-electron chi connectivity index (χ0n) is 18.4. The largest absolute Gasteiger partial charge is 0.481 e. The van der Waals surface area contributed by atoms with Crippen molar-refractivity contribution in [2.45, 2.75) is 31.7 Å². The highest BCUT2D eigenvalue weighted by Crippen LogP contribution is 2.46. The monoisotopic (exact) mass is 443 g/mol. The topological polar surface area (TPSA) is 44.4 Å². The van der Waals surface area contributed by atoms with Gasteiger partial charge in [0.05, 0.1) is 22.5 Å². The summed E-state index contributed by atoms with van der Waals surface area (Å²) >= 11 is 1.69. The average Bonchev–Trinajstić information content (AvgIpc) is 3.13. The summed E-state index contributed by atoms with van der Waals surface area (Å²) in [6.07, 6.45) is 12.5. The number of thioether (sulfide) groups is 1. The Morgan fingerprint density at radius 2 is 1.97 bits per heavy atom. The Hall–Kier alpha value is -3.31. The zero-order chi connectivity index (χ0) is 22.5. The summed E-state index contributed by atoms with van der Waals surface area (Å²) in [4.78, 5) is 14.4. The number of hydrogen-bond donors (Lipinski definition) is 1. The third kappa shape index (κ3) is 4.78. The quantitative estimate of drug-likeness (QED) is 0.362. The number of aliphatic carboxylic acids is 1. The molecule has 32 heavy (non-hydrogen) atoms. The van der Waals surface area contributed by atoms with E-state index in [2.05, 4.69) is 90.2 Å². The zero-order valence-corrected chi connectivity index (χ0v) is 19.2. The molecule has 0 saturated carbocycles. The maximum absolute atomic E-state index is 11.1. The van der Waals surface area contributed by atoms with Crippen LogP contribution in [0, 0.1) is 6.92 Å². The van der Waals surface area contributed by atoms with E-state index in [9.17, 15) is 4.79 Å². The van der Waals surface area contributed by atoms with E-state index in [4.69, 9.17) is 5.11 Å². The summed E-state index contributed by atoms with van der Waals surface area (Å²) in [6.45, 7) is 5.62. The lowest BCUT2D eigenvalue weighted by molar-refractivity contribution is -0.667. The number of hydrogen-bond acceptors (Lipinski definition) is 3. The Morgan fingerprint density at radius 1 is 1.12 bits per heavy atom. The van der Waals surface area contributed by atoms with Crippen molar-refractivity contribution in [1.29, 1.82) is 0 Å². The number of allylic oxidation sites excluding steroid dienone is 4. The minimum atomic E-state index is -0.784. The lowest BCUT2D eigenvalue weighted by Crippen LogP contribution is -2.32. The molecule has 0 bridgehead atoms. The fourth-order valence-corrected chi connectivity index (χ4v) is 5.06. The molecular weight excluding hydrogens is 416 g/mol. The third-order valence-electron chi connectivity index (χ3n) is 5.47. The molecule has 1 aromatic heterocycles. The molecule has 0 spiro atoms. The van der Waals surface area contributed by atoms with E-state index >= 15 is 0 Å². The molecule has 5 heteroatoms. The van der Waals surface area contributed by atoms with Gasteiger partial charge in [-0.2, -0.15) is 4.57 Å². The van der Waals surface area contributed by atoms with E-state index in [-0.39, 0.29) is 6.42 Å². The number of pyridine rings is 1. The lowest BCUT2D eigenvalue weighted by atomic mass is 10.1. The van der Waals surface area contributed by atoms with Crippen LogP contribution in [0.5, 0.6) is 0 Å². The molecule has 0 atom stereocenters. The van der Waals surface area contributed by atoms with Gasteiger partial charge in [0.25, 0.3) is 0 Å². The van der Waals surface area contributed by atoms with Crippen LogP contribution in [0.4, 0.5) is 5.69 Å². The van der Waals surface area contributed by atoms with Gasteiger partial charge in [-0.1, -0.05) is 54.3 Å². The molecule has 3 aromatic rings. The minimum absolute atomic E-state index is 0.105. The first kappa shape index (κ1) is 21.9. The summed E-state index contributed by atoms with van der Waals surface area (Å²) in [5, 5.41) is 11.4. The highest BCUT2D eigenvalue weighted by molar-refractivity contribution is 8.03. The Balaban J connectivity index is 1.53. The van der Waals surface area contributed by atoms with E-state index in [0.717, 1.165) is 17.3 Å². The first-order valence-corrected chi connectivity index (χ1v) is 11.6. The second kappa shape index (κ2) is 9.88. The predicted molar refractivity (Wildman–Crippen MR) is 133 cm³/mol. The summed E-state index contributed by atoms with van der Waals surface area (Å²) < 4.78 is 2.25. The van der Waals surface area contributed by atoms with Crippen molar-refractivity contribution in [2.75, 3.05) is 11.4 Å². The van der Waals surface area contributed by atoms with Crippen molar-refractivity contribution in [2.24, 2.45) is 0 Å². The Kier molecular flexibility index (Phi) is 6.76. The second-order valence-corrected chi connectivity index (χ2v) is 8.75. The number of fused-ring (bicyclic) bond motifs is 2. The molecule has 2 aromatic carbocycles. The molecule has 162 valence electrons. The maximum atomic E-state index is 11.1. The number of para-hydroxylation sites is 1. The van der Waals surface area contributed by atoms with Gasteiger partial charge in [-0.3, -0.25) is 4.79 Å². The second-order valence-electron chi connectivity index (χ2n) is 7.69. The van der Waals surface area contributed by atoms with Gasteiger partial charge >= 0.3 is 5.97 Å². The molecule has 1 aliphatic heterocycles. The van der Waals surface area contributed by atoms with Gasteiger partial charge < -0.3 is 10.0 Å². The summed E-state index contributed by atoms with van der Waals surface area (Å²) in [6, 6.07) is 16.9.